The van der Waals surface area contributed by atoms with Crippen molar-refractivity contribution >= 4 is 22.8 Å². The number of aromatic nitrogens is 1. The Balaban J connectivity index is 2.02. The molecule has 7 heteroatoms. The van der Waals surface area contributed by atoms with Gasteiger partial charge in [-0.2, -0.15) is 0 Å². The molecular formula is C22H20N2O5. The summed E-state index contributed by atoms with van der Waals surface area (Å²) in [5, 5.41) is 22.8. The first-order chi connectivity index (χ1) is 13.9. The van der Waals surface area contributed by atoms with Gasteiger partial charge in [0.2, 0.25) is 5.91 Å². The quantitative estimate of drug-likeness (QED) is 0.442. The average molecular weight is 392 g/mol. The van der Waals surface area contributed by atoms with Crippen LogP contribution in [0.1, 0.15) is 29.8 Å². The number of ether oxygens (including phenoxy) is 1. The van der Waals surface area contributed by atoms with Crippen LogP contribution in [-0.4, -0.2) is 39.8 Å². The predicted octanol–water partition coefficient (Wildman–Crippen LogP) is 2.92. The van der Waals surface area contributed by atoms with Crippen molar-refractivity contribution in [3.63, 3.8) is 0 Å². The molecule has 0 saturated heterocycles. The number of nitrogens with one attached hydrogen (secondary N) is 1. The third kappa shape index (κ3) is 4.33. The number of carbonyl (C=O) groups excluding carboxylic acids is 1. The monoisotopic (exact) mass is 392 g/mol. The van der Waals surface area contributed by atoms with Crippen LogP contribution < -0.4 is 10.1 Å². The summed E-state index contributed by atoms with van der Waals surface area (Å²) in [6, 6.07) is 9.94. The smallest absolute Gasteiger partial charge is 0.339 e. The van der Waals surface area contributed by atoms with Crippen LogP contribution in [0.2, 0.25) is 0 Å². The van der Waals surface area contributed by atoms with Gasteiger partial charge in [-0.1, -0.05) is 5.92 Å². The molecule has 3 aromatic rings. The second-order valence-electron chi connectivity index (χ2n) is 6.30. The lowest BCUT2D eigenvalue weighted by atomic mass is 10.1. The van der Waals surface area contributed by atoms with Crippen LogP contribution >= 0.6 is 0 Å². The van der Waals surface area contributed by atoms with E-state index in [1.807, 2.05) is 29.0 Å². The third-order valence-electron chi connectivity index (χ3n) is 4.27. The van der Waals surface area contributed by atoms with Crippen LogP contribution in [0.15, 0.2) is 42.6 Å². The van der Waals surface area contributed by atoms with Crippen LogP contribution in [0.4, 0.5) is 0 Å². The minimum absolute atomic E-state index is 0.120. The van der Waals surface area contributed by atoms with E-state index in [0.29, 0.717) is 24.6 Å². The van der Waals surface area contributed by atoms with E-state index in [0.717, 1.165) is 16.5 Å². The number of hydrogen-bond acceptors (Lipinski definition) is 4. The molecule has 7 nitrogen and oxygen atoms in total. The molecule has 0 bridgehead atoms. The summed E-state index contributed by atoms with van der Waals surface area (Å²) in [5.74, 6) is 4.92. The molecule has 0 aliphatic carbocycles. The Labute approximate surface area is 167 Å². The van der Waals surface area contributed by atoms with Gasteiger partial charge in [0.25, 0.3) is 0 Å². The van der Waals surface area contributed by atoms with Crippen molar-refractivity contribution in [3.05, 3.63) is 53.7 Å². The van der Waals surface area contributed by atoms with Crippen molar-refractivity contribution in [3.8, 4) is 29.0 Å². The molecule has 0 saturated carbocycles. The van der Waals surface area contributed by atoms with E-state index >= 15 is 0 Å². The fraction of sp³-hybridized carbons (Fsp3) is 0.182. The highest BCUT2D eigenvalue weighted by Crippen LogP contribution is 2.30. The minimum Gasteiger partial charge on any atom is -0.507 e. The molecule has 1 aromatic heterocycles. The van der Waals surface area contributed by atoms with Crippen molar-refractivity contribution in [1.29, 1.82) is 0 Å². The first kappa shape index (κ1) is 19.8. The summed E-state index contributed by atoms with van der Waals surface area (Å²) >= 11 is 0. The van der Waals surface area contributed by atoms with Gasteiger partial charge < -0.3 is 24.8 Å². The molecule has 0 atom stereocenters. The Bertz CT molecular complexity index is 1150. The largest absolute Gasteiger partial charge is 0.507 e. The van der Waals surface area contributed by atoms with Gasteiger partial charge in [0.1, 0.15) is 23.7 Å². The molecule has 148 valence electrons. The lowest BCUT2D eigenvalue weighted by Crippen LogP contribution is -2.25. The Morgan fingerprint density at radius 3 is 2.66 bits per heavy atom. The Morgan fingerprint density at radius 2 is 2.00 bits per heavy atom. The van der Waals surface area contributed by atoms with E-state index in [9.17, 15) is 14.7 Å². The summed E-state index contributed by atoms with van der Waals surface area (Å²) in [6.45, 7) is 3.91. The van der Waals surface area contributed by atoms with Crippen LogP contribution in [0.5, 0.6) is 11.5 Å². The summed E-state index contributed by atoms with van der Waals surface area (Å²) in [7, 11) is 0. The van der Waals surface area contributed by atoms with E-state index in [4.69, 9.17) is 9.84 Å². The van der Waals surface area contributed by atoms with Gasteiger partial charge in [-0.05, 0) is 31.2 Å². The maximum Gasteiger partial charge on any atom is 0.339 e. The van der Waals surface area contributed by atoms with E-state index < -0.39 is 5.97 Å². The van der Waals surface area contributed by atoms with Crippen LogP contribution in [0.3, 0.4) is 0 Å². The Hall–Kier alpha value is -3.92. The van der Waals surface area contributed by atoms with E-state index in [1.165, 1.54) is 19.1 Å². The molecule has 0 radical (unpaired) electrons. The van der Waals surface area contributed by atoms with Gasteiger partial charge in [-0.15, -0.1) is 5.92 Å². The maximum absolute atomic E-state index is 11.2. The second-order valence-corrected chi connectivity index (χ2v) is 6.30. The number of carboxylic acids is 1. The molecule has 1 amide bonds. The fourth-order valence-corrected chi connectivity index (χ4v) is 2.99. The highest BCUT2D eigenvalue weighted by Gasteiger charge is 2.14. The number of fused-ring (bicyclic) bond motifs is 1. The average Bonchev–Trinajstić information content (AvgIpc) is 3.03. The second kappa shape index (κ2) is 8.40. The number of aromatic carboxylic acids is 1. The molecular weight excluding hydrogens is 372 g/mol. The highest BCUT2D eigenvalue weighted by atomic mass is 16.5. The first-order valence-corrected chi connectivity index (χ1v) is 8.92. The topological polar surface area (TPSA) is 101 Å². The number of rotatable bonds is 6. The zero-order valence-electron chi connectivity index (χ0n) is 16.0. The lowest BCUT2D eigenvalue weighted by molar-refractivity contribution is -0.119. The summed E-state index contributed by atoms with van der Waals surface area (Å²) in [5.41, 5.74) is 2.02. The lowest BCUT2D eigenvalue weighted by Gasteiger charge is -2.10. The molecule has 0 spiro atoms. The van der Waals surface area contributed by atoms with E-state index in [2.05, 4.69) is 17.2 Å². The zero-order chi connectivity index (χ0) is 21.0. The van der Waals surface area contributed by atoms with Gasteiger partial charge in [-0.3, -0.25) is 4.79 Å². The number of nitrogens with zero attached hydrogens (tertiary/aromatic N) is 1. The number of carbonyl (C=O) groups is 2. The molecule has 29 heavy (non-hydrogen) atoms. The van der Waals surface area contributed by atoms with Crippen molar-refractivity contribution in [1.82, 2.24) is 9.88 Å². The molecule has 0 fully saturated rings. The molecule has 0 unspecified atom stereocenters. The SMILES string of the molecule is CC#Cc1cn(-c2ccc(C(=O)O)c(O)c2)c2cc(OCCNC(C)=O)ccc12. The number of phenols is 1. The number of aromatic hydroxyl groups is 1. The van der Waals surface area contributed by atoms with Crippen LogP contribution in [0.25, 0.3) is 16.6 Å². The predicted molar refractivity (Wildman–Crippen MR) is 109 cm³/mol. The highest BCUT2D eigenvalue weighted by molar-refractivity contribution is 5.92. The summed E-state index contributed by atoms with van der Waals surface area (Å²) in [6.07, 6.45) is 1.83. The normalized spacial score (nSPS) is 10.3. The molecule has 1 heterocycles. The van der Waals surface area contributed by atoms with Crippen molar-refractivity contribution in [2.45, 2.75) is 13.8 Å². The third-order valence-corrected chi connectivity index (χ3v) is 4.27. The molecule has 2 aromatic carbocycles. The number of hydrogen-bond donors (Lipinski definition) is 3. The maximum atomic E-state index is 11.2. The van der Waals surface area contributed by atoms with Crippen molar-refractivity contribution in [2.24, 2.45) is 0 Å². The summed E-state index contributed by atoms with van der Waals surface area (Å²) in [4.78, 5) is 22.1. The van der Waals surface area contributed by atoms with E-state index in [-0.39, 0.29) is 17.2 Å². The zero-order valence-corrected chi connectivity index (χ0v) is 16.0. The van der Waals surface area contributed by atoms with E-state index in [1.54, 1.807) is 13.0 Å². The number of amides is 1. The molecule has 0 aliphatic heterocycles. The fourth-order valence-electron chi connectivity index (χ4n) is 2.99. The van der Waals surface area contributed by atoms with Crippen molar-refractivity contribution in [2.75, 3.05) is 13.2 Å². The first-order valence-electron chi connectivity index (χ1n) is 8.92. The van der Waals surface area contributed by atoms with Gasteiger partial charge >= 0.3 is 5.97 Å². The van der Waals surface area contributed by atoms with Crippen LogP contribution in [0, 0.1) is 11.8 Å². The van der Waals surface area contributed by atoms with Gasteiger partial charge in [-0.25, -0.2) is 4.79 Å². The molecule has 0 aliphatic rings. The Kier molecular flexibility index (Phi) is 5.74. The molecule has 3 rings (SSSR count). The van der Waals surface area contributed by atoms with Crippen LogP contribution in [-0.2, 0) is 4.79 Å². The minimum atomic E-state index is -1.20. The number of benzene rings is 2. The van der Waals surface area contributed by atoms with Gasteiger partial charge in [0.15, 0.2) is 0 Å². The van der Waals surface area contributed by atoms with Gasteiger partial charge in [0.05, 0.1) is 17.6 Å². The van der Waals surface area contributed by atoms with Crippen molar-refractivity contribution < 1.29 is 24.5 Å². The Morgan fingerprint density at radius 1 is 1.21 bits per heavy atom. The standard InChI is InChI=1S/C22H20N2O5/c1-3-4-15-13-24(16-5-7-19(22(27)28)21(26)11-16)20-12-17(6-8-18(15)20)29-10-9-23-14(2)25/h5-8,11-13,26H,9-10H2,1-2H3,(H,23,25)(H,27,28). The summed E-state index contributed by atoms with van der Waals surface area (Å²) < 4.78 is 7.53. The van der Waals surface area contributed by atoms with Gasteiger partial charge in [0, 0.05) is 36.3 Å². The molecule has 3 N–H and O–H groups in total. The number of carboxylic acid groups (broad SMARTS) is 1.